The molecule has 1 aromatic carbocycles. The highest BCUT2D eigenvalue weighted by atomic mass is 16.5. The number of aromatic nitrogens is 1. The molecule has 0 spiro atoms. The molecule has 2 aromatic rings. The molecule has 0 saturated carbocycles. The number of hydrogen-bond donors (Lipinski definition) is 1. The molecule has 138 valence electrons. The van der Waals surface area contributed by atoms with E-state index < -0.39 is 18.0 Å². The molecule has 2 rings (SSSR count). The Bertz CT molecular complexity index is 807. The molecule has 1 aromatic heterocycles. The van der Waals surface area contributed by atoms with E-state index in [1.165, 1.54) is 14.0 Å². The van der Waals surface area contributed by atoms with Gasteiger partial charge in [0.25, 0.3) is 0 Å². The van der Waals surface area contributed by atoms with E-state index in [0.29, 0.717) is 23.2 Å². The molecule has 0 amide bonds. The largest absolute Gasteiger partial charge is 0.465 e. The number of hydrogen-bond acceptors (Lipinski definition) is 5. The molecule has 1 heterocycles. The van der Waals surface area contributed by atoms with Gasteiger partial charge in [-0.05, 0) is 38.3 Å². The van der Waals surface area contributed by atoms with Crippen LogP contribution in [0.5, 0.6) is 0 Å². The maximum Gasteiger partial charge on any atom is 0.339 e. The number of H-pyrrole nitrogens is 1. The normalized spacial score (nSPS) is 11.7. The zero-order chi connectivity index (χ0) is 19.3. The highest BCUT2D eigenvalue weighted by Crippen LogP contribution is 2.21. The zero-order valence-corrected chi connectivity index (χ0v) is 15.4. The van der Waals surface area contributed by atoms with Gasteiger partial charge in [-0.25, -0.2) is 4.79 Å². The van der Waals surface area contributed by atoms with Crippen molar-refractivity contribution >= 4 is 17.7 Å². The summed E-state index contributed by atoms with van der Waals surface area (Å²) in [5.41, 5.74) is 2.65. The first-order valence-corrected chi connectivity index (χ1v) is 8.40. The molecule has 1 N–H and O–H groups in total. The summed E-state index contributed by atoms with van der Waals surface area (Å²) in [6, 6.07) is 9.58. The first-order valence-electron chi connectivity index (χ1n) is 8.40. The smallest absolute Gasteiger partial charge is 0.339 e. The van der Waals surface area contributed by atoms with Crippen molar-refractivity contribution in [1.82, 2.24) is 4.98 Å². The second kappa shape index (κ2) is 8.47. The Morgan fingerprint density at radius 2 is 1.77 bits per heavy atom. The van der Waals surface area contributed by atoms with Gasteiger partial charge in [0.15, 0.2) is 6.10 Å². The highest BCUT2D eigenvalue weighted by molar-refractivity contribution is 6.03. The van der Waals surface area contributed by atoms with Crippen molar-refractivity contribution in [3.05, 3.63) is 58.4 Å². The molecule has 0 radical (unpaired) electrons. The third-order valence-electron chi connectivity index (χ3n) is 4.21. The maximum absolute atomic E-state index is 12.6. The number of ether oxygens (including phenoxy) is 2. The molecule has 0 fully saturated rings. The predicted octanol–water partition coefficient (Wildman–Crippen LogP) is 3.17. The Hall–Kier alpha value is -2.89. The van der Waals surface area contributed by atoms with Gasteiger partial charge in [-0.2, -0.15) is 0 Å². The van der Waals surface area contributed by atoms with Crippen LogP contribution in [0.1, 0.15) is 51.0 Å². The number of ketones is 1. The molecule has 0 unspecified atom stereocenters. The topological polar surface area (TPSA) is 85.5 Å². The van der Waals surface area contributed by atoms with E-state index in [9.17, 15) is 14.4 Å². The number of rotatable bonds is 7. The lowest BCUT2D eigenvalue weighted by molar-refractivity contribution is -0.146. The van der Waals surface area contributed by atoms with Crippen LogP contribution in [0, 0.1) is 13.8 Å². The van der Waals surface area contributed by atoms with Crippen molar-refractivity contribution in [2.45, 2.75) is 39.7 Å². The fourth-order valence-corrected chi connectivity index (χ4v) is 2.81. The van der Waals surface area contributed by atoms with E-state index in [4.69, 9.17) is 9.47 Å². The number of aromatic amines is 1. The molecule has 0 aliphatic rings. The Balaban J connectivity index is 2.01. The van der Waals surface area contributed by atoms with E-state index in [1.54, 1.807) is 13.8 Å². The van der Waals surface area contributed by atoms with E-state index in [0.717, 1.165) is 5.56 Å². The van der Waals surface area contributed by atoms with Gasteiger partial charge in [0.1, 0.15) is 0 Å². The predicted molar refractivity (Wildman–Crippen MR) is 96.3 cm³/mol. The Morgan fingerprint density at radius 3 is 2.38 bits per heavy atom. The van der Waals surface area contributed by atoms with Gasteiger partial charge in [-0.15, -0.1) is 0 Å². The molecule has 0 aliphatic heterocycles. The first kappa shape index (κ1) is 19.4. The summed E-state index contributed by atoms with van der Waals surface area (Å²) < 4.78 is 9.99. The van der Waals surface area contributed by atoms with Gasteiger partial charge >= 0.3 is 11.9 Å². The first-order chi connectivity index (χ1) is 12.3. The van der Waals surface area contributed by atoms with Crippen LogP contribution in [0.25, 0.3) is 0 Å². The summed E-state index contributed by atoms with van der Waals surface area (Å²) in [6.45, 7) is 4.87. The van der Waals surface area contributed by atoms with E-state index >= 15 is 0 Å². The maximum atomic E-state index is 12.6. The molecule has 0 aliphatic carbocycles. The van der Waals surface area contributed by atoms with Crippen molar-refractivity contribution < 1.29 is 23.9 Å². The molecule has 6 nitrogen and oxygen atoms in total. The van der Waals surface area contributed by atoms with Gasteiger partial charge in [-0.1, -0.05) is 30.3 Å². The van der Waals surface area contributed by atoms with E-state index in [-0.39, 0.29) is 17.9 Å². The molecule has 6 heteroatoms. The van der Waals surface area contributed by atoms with Crippen molar-refractivity contribution in [2.75, 3.05) is 7.11 Å². The minimum atomic E-state index is -0.944. The second-order valence-corrected chi connectivity index (χ2v) is 6.10. The number of esters is 2. The monoisotopic (exact) mass is 357 g/mol. The van der Waals surface area contributed by atoms with Gasteiger partial charge in [0.2, 0.25) is 5.78 Å². The number of aryl methyl sites for hydroxylation is 2. The molecule has 1 atom stereocenters. The average molecular weight is 357 g/mol. The number of benzene rings is 1. The summed E-state index contributed by atoms with van der Waals surface area (Å²) in [5.74, 6) is -1.33. The van der Waals surface area contributed by atoms with Crippen LogP contribution in [0.2, 0.25) is 0 Å². The van der Waals surface area contributed by atoms with Crippen LogP contribution in [0.4, 0.5) is 0 Å². The fraction of sp³-hybridized carbons (Fsp3) is 0.350. The number of methoxy groups -OCH3 is 1. The van der Waals surface area contributed by atoms with Crippen molar-refractivity contribution in [1.29, 1.82) is 0 Å². The molecular formula is C20H23NO5. The molecule has 26 heavy (non-hydrogen) atoms. The van der Waals surface area contributed by atoms with E-state index in [1.807, 2.05) is 30.3 Å². The summed E-state index contributed by atoms with van der Waals surface area (Å²) >= 11 is 0. The van der Waals surface area contributed by atoms with Crippen LogP contribution in [0.15, 0.2) is 30.3 Å². The Kier molecular flexibility index (Phi) is 6.33. The molecular weight excluding hydrogens is 334 g/mol. The van der Waals surface area contributed by atoms with Crippen LogP contribution >= 0.6 is 0 Å². The molecule has 0 saturated heterocycles. The standard InChI is InChI=1S/C20H23NO5/c1-12-17(20(24)25-4)13(2)21-18(12)19(23)14(3)26-16(22)11-10-15-8-6-5-7-9-15/h5-9,14,21H,10-11H2,1-4H3/t14-/m0/s1. The zero-order valence-electron chi connectivity index (χ0n) is 15.4. The minimum Gasteiger partial charge on any atom is -0.465 e. The Labute approximate surface area is 152 Å². The summed E-state index contributed by atoms with van der Waals surface area (Å²) in [4.78, 5) is 39.3. The van der Waals surface area contributed by atoms with Crippen LogP contribution in [-0.2, 0) is 20.7 Å². The lowest BCUT2D eigenvalue weighted by atomic mass is 10.1. The van der Waals surface area contributed by atoms with Crippen LogP contribution < -0.4 is 0 Å². The SMILES string of the molecule is COC(=O)c1c(C)[nH]c(C(=O)[C@H](C)OC(=O)CCc2ccccc2)c1C. The van der Waals surface area contributed by atoms with Crippen molar-refractivity contribution in [3.8, 4) is 0 Å². The van der Waals surface area contributed by atoms with Crippen LogP contribution in [-0.4, -0.2) is 35.9 Å². The summed E-state index contributed by atoms with van der Waals surface area (Å²) in [6.07, 6.45) is -0.202. The minimum absolute atomic E-state index is 0.192. The quantitative estimate of drug-likeness (QED) is 0.608. The summed E-state index contributed by atoms with van der Waals surface area (Å²) in [7, 11) is 1.28. The fourth-order valence-electron chi connectivity index (χ4n) is 2.81. The highest BCUT2D eigenvalue weighted by Gasteiger charge is 2.27. The number of nitrogens with one attached hydrogen (secondary N) is 1. The third-order valence-corrected chi connectivity index (χ3v) is 4.21. The van der Waals surface area contributed by atoms with Gasteiger partial charge < -0.3 is 14.5 Å². The Morgan fingerprint density at radius 1 is 1.12 bits per heavy atom. The molecule has 0 bridgehead atoms. The van der Waals surface area contributed by atoms with Crippen LogP contribution in [0.3, 0.4) is 0 Å². The van der Waals surface area contributed by atoms with Gasteiger partial charge in [0, 0.05) is 12.1 Å². The van der Waals surface area contributed by atoms with Gasteiger partial charge in [0.05, 0.1) is 18.4 Å². The van der Waals surface area contributed by atoms with Gasteiger partial charge in [-0.3, -0.25) is 9.59 Å². The number of Topliss-reactive ketones (excluding diaryl/α,β-unsaturated/α-hetero) is 1. The lowest BCUT2D eigenvalue weighted by Crippen LogP contribution is -2.25. The third kappa shape index (κ3) is 4.39. The number of carbonyl (C=O) groups excluding carboxylic acids is 3. The van der Waals surface area contributed by atoms with Crippen molar-refractivity contribution in [3.63, 3.8) is 0 Å². The second-order valence-electron chi connectivity index (χ2n) is 6.10. The number of carbonyl (C=O) groups is 3. The summed E-state index contributed by atoms with van der Waals surface area (Å²) in [5, 5.41) is 0. The van der Waals surface area contributed by atoms with Crippen molar-refractivity contribution in [2.24, 2.45) is 0 Å². The lowest BCUT2D eigenvalue weighted by Gasteiger charge is -2.12. The van der Waals surface area contributed by atoms with E-state index in [2.05, 4.69) is 4.98 Å². The average Bonchev–Trinajstić information content (AvgIpc) is 2.93.